The fourth-order valence-electron chi connectivity index (χ4n) is 3.75. The third kappa shape index (κ3) is 2.23. The molecule has 0 amide bonds. The number of aromatic nitrogens is 2. The van der Waals surface area contributed by atoms with Crippen LogP contribution in [-0.4, -0.2) is 9.38 Å². The maximum atomic E-state index is 6.12. The van der Waals surface area contributed by atoms with Gasteiger partial charge in [0.05, 0.1) is 16.7 Å². The van der Waals surface area contributed by atoms with Crippen LogP contribution in [0.5, 0.6) is 0 Å². The maximum Gasteiger partial charge on any atom is 0.138 e. The van der Waals surface area contributed by atoms with Gasteiger partial charge in [-0.15, -0.1) is 0 Å². The van der Waals surface area contributed by atoms with Gasteiger partial charge in [0.1, 0.15) is 5.65 Å². The molecule has 0 atom stereocenters. The molecule has 0 spiro atoms. The first-order valence-corrected chi connectivity index (χ1v) is 9.14. The van der Waals surface area contributed by atoms with E-state index in [2.05, 4.69) is 47.7 Å². The minimum absolute atomic E-state index is 0.730. The Kier molecular flexibility index (Phi) is 3.46. The van der Waals surface area contributed by atoms with Gasteiger partial charge in [-0.3, -0.25) is 4.40 Å². The monoisotopic (exact) mass is 376 g/mol. The van der Waals surface area contributed by atoms with Crippen LogP contribution in [0, 0.1) is 6.92 Å². The summed E-state index contributed by atoms with van der Waals surface area (Å²) in [5.41, 5.74) is 8.89. The van der Waals surface area contributed by atoms with Gasteiger partial charge in [-0.25, -0.2) is 4.98 Å². The first-order valence-electron chi connectivity index (χ1n) is 8.38. The highest BCUT2D eigenvalue weighted by atomic mass is 35.5. The zero-order chi connectivity index (χ0) is 17.8. The molecule has 0 aliphatic carbocycles. The summed E-state index contributed by atoms with van der Waals surface area (Å²) >= 11 is 12.2. The van der Waals surface area contributed by atoms with Crippen LogP contribution in [0.3, 0.4) is 0 Å². The number of hydrogen-bond acceptors (Lipinski definition) is 1. The van der Waals surface area contributed by atoms with Crippen molar-refractivity contribution >= 4 is 39.9 Å². The average Bonchev–Trinajstić information content (AvgIpc) is 3.16. The highest BCUT2D eigenvalue weighted by Gasteiger charge is 2.22. The van der Waals surface area contributed by atoms with Crippen LogP contribution in [0.4, 0.5) is 0 Å². The van der Waals surface area contributed by atoms with Crippen molar-refractivity contribution in [2.24, 2.45) is 0 Å². The molecule has 3 heterocycles. The second-order valence-corrected chi connectivity index (χ2v) is 7.29. The van der Waals surface area contributed by atoms with Crippen molar-refractivity contribution in [3.8, 4) is 22.3 Å². The van der Waals surface area contributed by atoms with E-state index in [9.17, 15) is 0 Å². The SMILES string of the molecule is Cc1nc2cccc3c(-c4ccc(Cl)cc4)c(-c4ccc(Cl)cc4)c1n23. The first kappa shape index (κ1) is 15.7. The molecule has 0 fully saturated rings. The average molecular weight is 377 g/mol. The molecule has 5 rings (SSSR count). The number of aryl methyl sites for hydroxylation is 1. The van der Waals surface area contributed by atoms with Crippen LogP contribution in [0.15, 0.2) is 66.7 Å². The minimum Gasteiger partial charge on any atom is -0.292 e. The van der Waals surface area contributed by atoms with Gasteiger partial charge >= 0.3 is 0 Å². The largest absolute Gasteiger partial charge is 0.292 e. The summed E-state index contributed by atoms with van der Waals surface area (Å²) in [4.78, 5) is 4.74. The molecule has 0 saturated carbocycles. The van der Waals surface area contributed by atoms with E-state index in [4.69, 9.17) is 28.2 Å². The highest BCUT2D eigenvalue weighted by Crippen LogP contribution is 2.43. The van der Waals surface area contributed by atoms with Crippen molar-refractivity contribution in [3.05, 3.63) is 82.5 Å². The number of nitrogens with zero attached hydrogens (tertiary/aromatic N) is 2. The predicted octanol–water partition coefficient (Wildman–Crippen LogP) is 6.87. The molecule has 3 aromatic heterocycles. The van der Waals surface area contributed by atoms with Gasteiger partial charge < -0.3 is 0 Å². The summed E-state index contributed by atoms with van der Waals surface area (Å²) in [6.07, 6.45) is 0. The Morgan fingerprint density at radius 1 is 0.731 bits per heavy atom. The number of pyridine rings is 1. The summed E-state index contributed by atoms with van der Waals surface area (Å²) < 4.78 is 2.24. The van der Waals surface area contributed by atoms with Gasteiger partial charge in [0.25, 0.3) is 0 Å². The van der Waals surface area contributed by atoms with Gasteiger partial charge in [-0.1, -0.05) is 53.5 Å². The molecule has 26 heavy (non-hydrogen) atoms. The molecule has 0 saturated heterocycles. The van der Waals surface area contributed by atoms with Gasteiger partial charge in [0.15, 0.2) is 0 Å². The Balaban J connectivity index is 1.96. The van der Waals surface area contributed by atoms with Crippen molar-refractivity contribution in [1.29, 1.82) is 0 Å². The van der Waals surface area contributed by atoms with Crippen LogP contribution in [-0.2, 0) is 0 Å². The predicted molar refractivity (Wildman–Crippen MR) is 110 cm³/mol. The van der Waals surface area contributed by atoms with Crippen molar-refractivity contribution in [2.45, 2.75) is 6.92 Å². The van der Waals surface area contributed by atoms with Gasteiger partial charge in [0.2, 0.25) is 0 Å². The summed E-state index contributed by atoms with van der Waals surface area (Å²) in [5.74, 6) is 0. The molecule has 0 radical (unpaired) electrons. The fourth-order valence-corrected chi connectivity index (χ4v) is 4.00. The molecule has 2 nitrogen and oxygen atoms in total. The zero-order valence-corrected chi connectivity index (χ0v) is 15.5. The second-order valence-electron chi connectivity index (χ2n) is 6.41. The third-order valence-electron chi connectivity index (χ3n) is 4.83. The number of rotatable bonds is 2. The van der Waals surface area contributed by atoms with Gasteiger partial charge in [0, 0.05) is 21.2 Å². The van der Waals surface area contributed by atoms with Crippen LogP contribution < -0.4 is 0 Å². The second kappa shape index (κ2) is 5.73. The quantitative estimate of drug-likeness (QED) is 0.328. The normalized spacial score (nSPS) is 11.7. The number of hydrogen-bond donors (Lipinski definition) is 0. The zero-order valence-electron chi connectivity index (χ0n) is 14.0. The van der Waals surface area contributed by atoms with Gasteiger partial charge in [-0.2, -0.15) is 0 Å². The van der Waals surface area contributed by atoms with Gasteiger partial charge in [-0.05, 0) is 54.4 Å². The molecule has 0 N–H and O–H groups in total. The lowest BCUT2D eigenvalue weighted by Gasteiger charge is -2.07. The van der Waals surface area contributed by atoms with E-state index in [1.165, 1.54) is 11.1 Å². The Morgan fingerprint density at radius 2 is 1.31 bits per heavy atom. The molecule has 0 bridgehead atoms. The van der Waals surface area contributed by atoms with E-state index < -0.39 is 0 Å². The fraction of sp³-hybridized carbons (Fsp3) is 0.0455. The Bertz CT molecular complexity index is 1240. The van der Waals surface area contributed by atoms with E-state index >= 15 is 0 Å². The molecule has 4 heteroatoms. The van der Waals surface area contributed by atoms with E-state index in [1.807, 2.05) is 30.3 Å². The summed E-state index contributed by atoms with van der Waals surface area (Å²) in [6.45, 7) is 2.06. The first-order chi connectivity index (χ1) is 12.6. The molecule has 2 aromatic carbocycles. The van der Waals surface area contributed by atoms with Crippen molar-refractivity contribution < 1.29 is 0 Å². The van der Waals surface area contributed by atoms with E-state index in [0.29, 0.717) is 0 Å². The number of halogens is 2. The smallest absolute Gasteiger partial charge is 0.138 e. The summed E-state index contributed by atoms with van der Waals surface area (Å²) in [5, 5.41) is 1.46. The third-order valence-corrected chi connectivity index (χ3v) is 5.33. The lowest BCUT2D eigenvalue weighted by Crippen LogP contribution is -1.84. The van der Waals surface area contributed by atoms with E-state index in [0.717, 1.165) is 43.5 Å². The van der Waals surface area contributed by atoms with E-state index in [1.54, 1.807) is 0 Å². The molecule has 0 aliphatic rings. The minimum atomic E-state index is 0.730. The van der Waals surface area contributed by atoms with Crippen molar-refractivity contribution in [3.63, 3.8) is 0 Å². The van der Waals surface area contributed by atoms with Crippen LogP contribution in [0.25, 0.3) is 38.9 Å². The van der Waals surface area contributed by atoms with E-state index in [-0.39, 0.29) is 0 Å². The summed E-state index contributed by atoms with van der Waals surface area (Å²) in [6, 6.07) is 22.3. The van der Waals surface area contributed by atoms with Crippen LogP contribution in [0.2, 0.25) is 10.0 Å². The maximum absolute atomic E-state index is 6.12. The lowest BCUT2D eigenvalue weighted by atomic mass is 9.96. The Labute approximate surface area is 161 Å². The van der Waals surface area contributed by atoms with Crippen LogP contribution >= 0.6 is 23.2 Å². The Morgan fingerprint density at radius 3 is 1.92 bits per heavy atom. The topological polar surface area (TPSA) is 17.3 Å². The lowest BCUT2D eigenvalue weighted by molar-refractivity contribution is 1.28. The summed E-state index contributed by atoms with van der Waals surface area (Å²) in [7, 11) is 0. The molecule has 0 aliphatic heterocycles. The highest BCUT2D eigenvalue weighted by molar-refractivity contribution is 6.31. The molecule has 0 unspecified atom stereocenters. The Hall–Kier alpha value is -2.55. The van der Waals surface area contributed by atoms with Crippen molar-refractivity contribution in [1.82, 2.24) is 9.38 Å². The number of imidazole rings is 1. The van der Waals surface area contributed by atoms with Crippen molar-refractivity contribution in [2.75, 3.05) is 0 Å². The molecule has 5 aromatic rings. The molecular weight excluding hydrogens is 363 g/mol. The number of benzene rings is 2. The standard InChI is InChI=1S/C22H14Cl2N2/c1-13-22-21(15-7-11-17(24)12-8-15)20(14-5-9-16(23)10-6-14)18-3-2-4-19(25-13)26(18)22/h2-12H,1H3. The van der Waals surface area contributed by atoms with Crippen LogP contribution in [0.1, 0.15) is 5.69 Å². The molecular formula is C22H14Cl2N2. The molecule has 126 valence electrons.